The van der Waals surface area contributed by atoms with Gasteiger partial charge in [-0.3, -0.25) is 9.67 Å². The molecule has 1 aliphatic rings. The van der Waals surface area contributed by atoms with Crippen LogP contribution in [0.15, 0.2) is 29.4 Å². The van der Waals surface area contributed by atoms with Crippen molar-refractivity contribution in [3.63, 3.8) is 0 Å². The first kappa shape index (κ1) is 15.3. The van der Waals surface area contributed by atoms with Crippen molar-refractivity contribution < 1.29 is 9.53 Å². The Morgan fingerprint density at radius 2 is 2.35 bits per heavy atom. The third kappa shape index (κ3) is 3.44. The first-order chi connectivity index (χ1) is 11.3. The van der Waals surface area contributed by atoms with Gasteiger partial charge in [-0.05, 0) is 25.0 Å². The van der Waals surface area contributed by atoms with Gasteiger partial charge in [-0.25, -0.2) is 4.79 Å². The number of hydrogen-bond donors (Lipinski definition) is 2. The second-order valence-electron chi connectivity index (χ2n) is 5.39. The Morgan fingerprint density at radius 1 is 1.43 bits per heavy atom. The quantitative estimate of drug-likeness (QED) is 0.617. The molecule has 2 heterocycles. The number of aromatic nitrogens is 2. The Kier molecular flexibility index (Phi) is 4.75. The van der Waals surface area contributed by atoms with E-state index in [1.165, 1.54) is 7.11 Å². The van der Waals surface area contributed by atoms with Crippen LogP contribution in [0.5, 0.6) is 0 Å². The summed E-state index contributed by atoms with van der Waals surface area (Å²) in [6, 6.07) is 5.60. The topological polar surface area (TPSA) is 80.5 Å². The van der Waals surface area contributed by atoms with Crippen molar-refractivity contribution in [2.24, 2.45) is 4.99 Å². The molecule has 0 aliphatic carbocycles. The van der Waals surface area contributed by atoms with Crippen LogP contribution in [0.25, 0.3) is 10.9 Å². The largest absolute Gasteiger partial charge is 0.465 e. The summed E-state index contributed by atoms with van der Waals surface area (Å²) >= 11 is 0. The van der Waals surface area contributed by atoms with Gasteiger partial charge in [0.2, 0.25) is 0 Å². The lowest BCUT2D eigenvalue weighted by molar-refractivity contribution is 0.0603. The molecular weight excluding hydrogens is 294 g/mol. The van der Waals surface area contributed by atoms with E-state index < -0.39 is 0 Å². The number of nitrogens with one attached hydrogen (secondary N) is 2. The zero-order valence-corrected chi connectivity index (χ0v) is 13.2. The molecule has 0 fully saturated rings. The second kappa shape index (κ2) is 7.13. The summed E-state index contributed by atoms with van der Waals surface area (Å²) < 4.78 is 6.75. The lowest BCUT2D eigenvalue weighted by atomic mass is 10.1. The van der Waals surface area contributed by atoms with Crippen LogP contribution in [0.2, 0.25) is 0 Å². The number of esters is 1. The van der Waals surface area contributed by atoms with E-state index in [2.05, 4.69) is 20.7 Å². The van der Waals surface area contributed by atoms with Gasteiger partial charge in [-0.1, -0.05) is 6.07 Å². The molecule has 1 aliphatic heterocycles. The van der Waals surface area contributed by atoms with E-state index in [0.29, 0.717) is 5.56 Å². The van der Waals surface area contributed by atoms with Crippen LogP contribution in [0.3, 0.4) is 0 Å². The van der Waals surface area contributed by atoms with Gasteiger partial charge in [0.1, 0.15) is 0 Å². The number of carbonyl (C=O) groups excluding carboxylic acids is 1. The van der Waals surface area contributed by atoms with E-state index in [4.69, 9.17) is 4.74 Å². The molecule has 0 bridgehead atoms. The number of guanidine groups is 1. The van der Waals surface area contributed by atoms with Crippen LogP contribution in [0.4, 0.5) is 0 Å². The van der Waals surface area contributed by atoms with Crippen LogP contribution >= 0.6 is 0 Å². The SMILES string of the molecule is COC(=O)c1cccc2c1cnn2CCCCNC1=NCCN1. The van der Waals surface area contributed by atoms with Crippen molar-refractivity contribution in [3.8, 4) is 0 Å². The highest BCUT2D eigenvalue weighted by molar-refractivity contribution is 6.03. The minimum Gasteiger partial charge on any atom is -0.465 e. The number of methoxy groups -OCH3 is 1. The van der Waals surface area contributed by atoms with E-state index in [1.807, 2.05) is 16.8 Å². The van der Waals surface area contributed by atoms with E-state index in [1.54, 1.807) is 12.3 Å². The summed E-state index contributed by atoms with van der Waals surface area (Å²) in [4.78, 5) is 16.1. The van der Waals surface area contributed by atoms with E-state index in [0.717, 1.165) is 55.9 Å². The van der Waals surface area contributed by atoms with Crippen molar-refractivity contribution in [3.05, 3.63) is 30.0 Å². The fraction of sp³-hybridized carbons (Fsp3) is 0.438. The van der Waals surface area contributed by atoms with Gasteiger partial charge in [0, 0.05) is 25.0 Å². The lowest BCUT2D eigenvalue weighted by Crippen LogP contribution is -2.34. The number of carbonyl (C=O) groups is 1. The Hall–Kier alpha value is -2.57. The number of aryl methyl sites for hydroxylation is 1. The molecule has 0 atom stereocenters. The van der Waals surface area contributed by atoms with Gasteiger partial charge in [0.25, 0.3) is 0 Å². The van der Waals surface area contributed by atoms with Gasteiger partial charge >= 0.3 is 5.97 Å². The smallest absolute Gasteiger partial charge is 0.338 e. The molecule has 2 N–H and O–H groups in total. The van der Waals surface area contributed by atoms with E-state index in [9.17, 15) is 4.79 Å². The van der Waals surface area contributed by atoms with Crippen molar-refractivity contribution in [2.75, 3.05) is 26.7 Å². The number of rotatable bonds is 6. The van der Waals surface area contributed by atoms with Gasteiger partial charge in [-0.2, -0.15) is 5.10 Å². The van der Waals surface area contributed by atoms with E-state index in [-0.39, 0.29) is 5.97 Å². The number of nitrogens with zero attached hydrogens (tertiary/aromatic N) is 3. The summed E-state index contributed by atoms with van der Waals surface area (Å²) in [5.74, 6) is 0.571. The molecule has 0 radical (unpaired) electrons. The highest BCUT2D eigenvalue weighted by Gasteiger charge is 2.13. The number of fused-ring (bicyclic) bond motifs is 1. The summed E-state index contributed by atoms with van der Waals surface area (Å²) in [6.07, 6.45) is 3.76. The van der Waals surface area contributed by atoms with Gasteiger partial charge < -0.3 is 15.4 Å². The highest BCUT2D eigenvalue weighted by atomic mass is 16.5. The highest BCUT2D eigenvalue weighted by Crippen LogP contribution is 2.19. The third-order valence-corrected chi connectivity index (χ3v) is 3.86. The van der Waals surface area contributed by atoms with Crippen LogP contribution in [-0.4, -0.2) is 48.5 Å². The number of unbranched alkanes of at least 4 members (excludes halogenated alkanes) is 1. The minimum atomic E-state index is -0.329. The minimum absolute atomic E-state index is 0.329. The number of ether oxygens (including phenoxy) is 1. The fourth-order valence-electron chi connectivity index (χ4n) is 2.68. The van der Waals surface area contributed by atoms with Gasteiger partial charge in [0.15, 0.2) is 5.96 Å². The fourth-order valence-corrected chi connectivity index (χ4v) is 2.68. The first-order valence-electron chi connectivity index (χ1n) is 7.84. The molecule has 23 heavy (non-hydrogen) atoms. The van der Waals surface area contributed by atoms with Crippen molar-refractivity contribution in [1.29, 1.82) is 0 Å². The molecule has 7 nitrogen and oxygen atoms in total. The molecule has 122 valence electrons. The van der Waals surface area contributed by atoms with Crippen LogP contribution in [0.1, 0.15) is 23.2 Å². The van der Waals surface area contributed by atoms with Gasteiger partial charge in [-0.15, -0.1) is 0 Å². The summed E-state index contributed by atoms with van der Waals surface area (Å²) in [5, 5.41) is 11.7. The second-order valence-corrected chi connectivity index (χ2v) is 5.39. The standard InChI is InChI=1S/C16H21N5O2/c1-23-15(22)12-5-4-6-14-13(12)11-20-21(14)10-3-2-7-17-16-18-8-9-19-16/h4-6,11H,2-3,7-10H2,1H3,(H2,17,18,19). The average molecular weight is 315 g/mol. The maximum atomic E-state index is 11.8. The van der Waals surface area contributed by atoms with E-state index >= 15 is 0 Å². The molecule has 3 rings (SSSR count). The molecule has 0 saturated carbocycles. The molecule has 7 heteroatoms. The van der Waals surface area contributed by atoms with Crippen molar-refractivity contribution in [1.82, 2.24) is 20.4 Å². The van der Waals surface area contributed by atoms with Crippen LogP contribution in [-0.2, 0) is 11.3 Å². The maximum Gasteiger partial charge on any atom is 0.338 e. The monoisotopic (exact) mass is 315 g/mol. The zero-order chi connectivity index (χ0) is 16.1. The Balaban J connectivity index is 1.57. The molecule has 0 amide bonds. The summed E-state index contributed by atoms with van der Waals surface area (Å²) in [6.45, 7) is 3.47. The van der Waals surface area contributed by atoms with Crippen molar-refractivity contribution >= 4 is 22.8 Å². The molecule has 1 aromatic carbocycles. The number of aliphatic imine (C=N–C) groups is 1. The summed E-state index contributed by atoms with van der Waals surface area (Å²) in [7, 11) is 1.39. The molecule has 2 aromatic rings. The maximum absolute atomic E-state index is 11.8. The first-order valence-corrected chi connectivity index (χ1v) is 7.84. The molecule has 0 spiro atoms. The zero-order valence-electron chi connectivity index (χ0n) is 13.2. The lowest BCUT2D eigenvalue weighted by Gasteiger charge is -2.07. The molecule has 0 unspecified atom stereocenters. The van der Waals surface area contributed by atoms with Crippen LogP contribution in [0, 0.1) is 0 Å². The Labute approximate surface area is 134 Å². The third-order valence-electron chi connectivity index (χ3n) is 3.86. The predicted octanol–water partition coefficient (Wildman–Crippen LogP) is 1.15. The molecular formula is C16H21N5O2. The Morgan fingerprint density at radius 3 is 3.13 bits per heavy atom. The molecule has 1 aromatic heterocycles. The number of hydrogen-bond acceptors (Lipinski definition) is 6. The van der Waals surface area contributed by atoms with Crippen LogP contribution < -0.4 is 10.6 Å². The normalized spacial score (nSPS) is 13.7. The average Bonchev–Trinajstić information content (AvgIpc) is 3.23. The molecule has 0 saturated heterocycles. The van der Waals surface area contributed by atoms with Gasteiger partial charge in [0.05, 0.1) is 30.9 Å². The van der Waals surface area contributed by atoms with Crippen molar-refractivity contribution in [2.45, 2.75) is 19.4 Å². The predicted molar refractivity (Wildman–Crippen MR) is 88.6 cm³/mol. The number of benzene rings is 1. The Bertz CT molecular complexity index is 722. The summed E-state index contributed by atoms with van der Waals surface area (Å²) in [5.41, 5.74) is 1.52.